The zero-order valence-electron chi connectivity index (χ0n) is 9.55. The summed E-state index contributed by atoms with van der Waals surface area (Å²) in [5.41, 5.74) is 0. The van der Waals surface area contributed by atoms with Gasteiger partial charge in [-0.3, -0.25) is 5.10 Å². The Morgan fingerprint density at radius 2 is 2.00 bits per heavy atom. The highest BCUT2D eigenvalue weighted by Crippen LogP contribution is 2.22. The minimum absolute atomic E-state index is 0.249. The molecule has 0 unspecified atom stereocenters. The third-order valence-corrected chi connectivity index (χ3v) is 2.49. The van der Waals surface area contributed by atoms with E-state index in [-0.39, 0.29) is 6.01 Å². The number of anilines is 1. The number of hydrogen-bond acceptors (Lipinski definition) is 8. The van der Waals surface area contributed by atoms with E-state index in [9.17, 15) is 0 Å². The molecular weight excluding hydrogens is 242 g/mol. The number of aromatic amines is 1. The zero-order chi connectivity index (χ0) is 12.3. The van der Waals surface area contributed by atoms with Crippen molar-refractivity contribution in [1.82, 2.24) is 30.1 Å². The lowest BCUT2D eigenvalue weighted by Gasteiger charge is -2.03. The molecule has 0 amide bonds. The van der Waals surface area contributed by atoms with Crippen LogP contribution < -0.4 is 10.1 Å². The van der Waals surface area contributed by atoms with E-state index in [0.29, 0.717) is 16.3 Å². The summed E-state index contributed by atoms with van der Waals surface area (Å²) in [6, 6.07) is 0.249. The van der Waals surface area contributed by atoms with E-state index in [2.05, 4.69) is 35.5 Å². The van der Waals surface area contributed by atoms with Gasteiger partial charge in [-0.25, -0.2) is 4.98 Å². The Labute approximate surface area is 102 Å². The second-order valence-corrected chi connectivity index (χ2v) is 3.92. The molecule has 0 aliphatic rings. The topological polar surface area (TPSA) is 102 Å². The van der Waals surface area contributed by atoms with Crippen LogP contribution in [0.5, 0.6) is 6.01 Å². The van der Waals surface area contributed by atoms with Crippen LogP contribution in [0, 0.1) is 6.92 Å². The summed E-state index contributed by atoms with van der Waals surface area (Å²) in [5, 5.41) is 10.6. The standard InChI is InChI=1S/C8H11N7OS/c1-4-10-8(15-14-4)17-7-12-5(9-2)11-6(13-7)16-3/h1-3H3,(H,10,14,15)(H,9,11,12,13). The van der Waals surface area contributed by atoms with Crippen molar-refractivity contribution in [2.45, 2.75) is 17.2 Å². The summed E-state index contributed by atoms with van der Waals surface area (Å²) in [7, 11) is 3.22. The first-order valence-corrected chi connectivity index (χ1v) is 5.57. The average Bonchev–Trinajstić information content (AvgIpc) is 2.74. The van der Waals surface area contributed by atoms with Gasteiger partial charge < -0.3 is 10.1 Å². The summed E-state index contributed by atoms with van der Waals surface area (Å²) in [5.74, 6) is 1.17. The molecule has 0 spiro atoms. The third-order valence-electron chi connectivity index (χ3n) is 1.76. The van der Waals surface area contributed by atoms with Gasteiger partial charge in [0.2, 0.25) is 16.3 Å². The van der Waals surface area contributed by atoms with Gasteiger partial charge in [0.1, 0.15) is 5.82 Å². The first-order chi connectivity index (χ1) is 8.21. The van der Waals surface area contributed by atoms with Crippen molar-refractivity contribution in [2.24, 2.45) is 0 Å². The van der Waals surface area contributed by atoms with E-state index >= 15 is 0 Å². The van der Waals surface area contributed by atoms with Crippen LogP contribution in [0.25, 0.3) is 0 Å². The molecule has 0 fully saturated rings. The lowest BCUT2D eigenvalue weighted by Crippen LogP contribution is -2.02. The lowest BCUT2D eigenvalue weighted by molar-refractivity contribution is 0.374. The van der Waals surface area contributed by atoms with Crippen LogP contribution >= 0.6 is 11.8 Å². The normalized spacial score (nSPS) is 10.3. The summed E-state index contributed by atoms with van der Waals surface area (Å²) < 4.78 is 4.98. The van der Waals surface area contributed by atoms with Gasteiger partial charge in [-0.1, -0.05) is 0 Å². The molecule has 17 heavy (non-hydrogen) atoms. The van der Waals surface area contributed by atoms with Gasteiger partial charge in [-0.05, 0) is 18.7 Å². The maximum atomic E-state index is 4.98. The molecule has 2 aromatic rings. The van der Waals surface area contributed by atoms with Gasteiger partial charge in [0.05, 0.1) is 7.11 Å². The van der Waals surface area contributed by atoms with Gasteiger partial charge in [0, 0.05) is 7.05 Å². The SMILES string of the molecule is CNc1nc(OC)nc(Sc2n[nH]c(C)n2)n1. The molecule has 0 saturated carbocycles. The smallest absolute Gasteiger partial charge is 0.321 e. The molecule has 9 heteroatoms. The zero-order valence-corrected chi connectivity index (χ0v) is 10.4. The van der Waals surface area contributed by atoms with Crippen molar-refractivity contribution in [2.75, 3.05) is 19.5 Å². The number of aryl methyl sites for hydroxylation is 1. The number of nitrogens with one attached hydrogen (secondary N) is 2. The van der Waals surface area contributed by atoms with E-state index in [0.717, 1.165) is 5.82 Å². The second kappa shape index (κ2) is 4.95. The highest BCUT2D eigenvalue weighted by Gasteiger charge is 2.10. The number of methoxy groups -OCH3 is 1. The Balaban J connectivity index is 2.25. The predicted molar refractivity (Wildman–Crippen MR) is 61.2 cm³/mol. The first-order valence-electron chi connectivity index (χ1n) is 4.76. The number of rotatable bonds is 4. The number of ether oxygens (including phenoxy) is 1. The van der Waals surface area contributed by atoms with E-state index < -0.39 is 0 Å². The molecule has 2 heterocycles. The Hall–Kier alpha value is -1.90. The van der Waals surface area contributed by atoms with Crippen molar-refractivity contribution in [3.05, 3.63) is 5.82 Å². The Morgan fingerprint density at radius 1 is 1.18 bits per heavy atom. The second-order valence-electron chi connectivity index (χ2n) is 2.98. The fourth-order valence-electron chi connectivity index (χ4n) is 1.04. The molecule has 0 aromatic carbocycles. The molecule has 2 N–H and O–H groups in total. The van der Waals surface area contributed by atoms with Gasteiger partial charge in [-0.2, -0.15) is 15.0 Å². The maximum Gasteiger partial charge on any atom is 0.321 e. The van der Waals surface area contributed by atoms with Crippen molar-refractivity contribution in [3.63, 3.8) is 0 Å². The van der Waals surface area contributed by atoms with Crippen molar-refractivity contribution in [1.29, 1.82) is 0 Å². The van der Waals surface area contributed by atoms with Crippen LogP contribution in [-0.4, -0.2) is 44.3 Å². The molecule has 0 atom stereocenters. The Bertz CT molecular complexity index is 492. The molecule has 0 saturated heterocycles. The molecule has 0 aliphatic heterocycles. The molecule has 0 radical (unpaired) electrons. The summed E-state index contributed by atoms with van der Waals surface area (Å²) in [4.78, 5) is 16.4. The van der Waals surface area contributed by atoms with Crippen LogP contribution in [-0.2, 0) is 0 Å². The maximum absolute atomic E-state index is 4.98. The van der Waals surface area contributed by atoms with Gasteiger partial charge >= 0.3 is 6.01 Å². The molecule has 0 bridgehead atoms. The summed E-state index contributed by atoms with van der Waals surface area (Å²) in [6.45, 7) is 1.82. The van der Waals surface area contributed by atoms with Crippen LogP contribution in [0.15, 0.2) is 10.3 Å². The minimum atomic E-state index is 0.249. The molecule has 2 aromatic heterocycles. The van der Waals surface area contributed by atoms with Crippen LogP contribution in [0.3, 0.4) is 0 Å². The largest absolute Gasteiger partial charge is 0.467 e. The highest BCUT2D eigenvalue weighted by atomic mass is 32.2. The summed E-state index contributed by atoms with van der Waals surface area (Å²) >= 11 is 1.23. The molecule has 8 nitrogen and oxygen atoms in total. The van der Waals surface area contributed by atoms with E-state index in [1.54, 1.807) is 7.05 Å². The Morgan fingerprint density at radius 3 is 2.59 bits per heavy atom. The quantitative estimate of drug-likeness (QED) is 0.812. The van der Waals surface area contributed by atoms with E-state index in [1.807, 2.05) is 6.92 Å². The molecule has 2 rings (SSSR count). The number of aromatic nitrogens is 6. The predicted octanol–water partition coefficient (Wildman–Crippen LogP) is 0.500. The first kappa shape index (κ1) is 11.6. The van der Waals surface area contributed by atoms with Crippen LogP contribution in [0.2, 0.25) is 0 Å². The number of hydrogen-bond donors (Lipinski definition) is 2. The van der Waals surface area contributed by atoms with Crippen molar-refractivity contribution in [3.8, 4) is 6.01 Å². The van der Waals surface area contributed by atoms with Crippen molar-refractivity contribution < 1.29 is 4.74 Å². The summed E-state index contributed by atoms with van der Waals surface area (Å²) in [6.07, 6.45) is 0. The molecule has 90 valence electrons. The van der Waals surface area contributed by atoms with Gasteiger partial charge in [0.25, 0.3) is 0 Å². The fraction of sp³-hybridized carbons (Fsp3) is 0.375. The minimum Gasteiger partial charge on any atom is -0.467 e. The Kier molecular flexibility index (Phi) is 3.38. The van der Waals surface area contributed by atoms with Crippen LogP contribution in [0.4, 0.5) is 5.95 Å². The average molecular weight is 253 g/mol. The number of H-pyrrole nitrogens is 1. The highest BCUT2D eigenvalue weighted by molar-refractivity contribution is 7.99. The monoisotopic (exact) mass is 253 g/mol. The van der Waals surface area contributed by atoms with Gasteiger partial charge in [-0.15, -0.1) is 5.10 Å². The number of nitrogens with zero attached hydrogens (tertiary/aromatic N) is 5. The molecular formula is C8H11N7OS. The lowest BCUT2D eigenvalue weighted by atomic mass is 10.8. The van der Waals surface area contributed by atoms with Crippen LogP contribution in [0.1, 0.15) is 5.82 Å². The van der Waals surface area contributed by atoms with E-state index in [4.69, 9.17) is 4.74 Å². The third kappa shape index (κ3) is 2.81. The van der Waals surface area contributed by atoms with Gasteiger partial charge in [0.15, 0.2) is 0 Å². The fourth-order valence-corrected chi connectivity index (χ4v) is 1.73. The molecule has 0 aliphatic carbocycles. The van der Waals surface area contributed by atoms with Crippen molar-refractivity contribution >= 4 is 17.7 Å². The van der Waals surface area contributed by atoms with E-state index in [1.165, 1.54) is 18.9 Å².